The molecule has 0 heterocycles. The summed E-state index contributed by atoms with van der Waals surface area (Å²) in [6, 6.07) is 23.4. The van der Waals surface area contributed by atoms with Crippen molar-refractivity contribution in [3.8, 4) is 17.2 Å². The van der Waals surface area contributed by atoms with Crippen LogP contribution in [-0.4, -0.2) is 26.7 Å². The van der Waals surface area contributed by atoms with Gasteiger partial charge in [0.1, 0.15) is 12.4 Å². The average molecular weight is 418 g/mol. The van der Waals surface area contributed by atoms with Crippen molar-refractivity contribution in [3.63, 3.8) is 0 Å². The number of hydrogen-bond donors (Lipinski definition) is 1. The molecular weight excluding hydrogens is 390 g/mol. The SMILES string of the molecule is COc1ccc(CCNC(=O)C=Cc2ccc(OCc3ccccc3)cc2)cc1OC. The van der Waals surface area contributed by atoms with E-state index >= 15 is 0 Å². The molecule has 0 aliphatic rings. The summed E-state index contributed by atoms with van der Waals surface area (Å²) in [5.74, 6) is 2.03. The molecular formula is C26H27NO4. The molecule has 0 atom stereocenters. The van der Waals surface area contributed by atoms with Gasteiger partial charge in [-0.1, -0.05) is 48.5 Å². The van der Waals surface area contributed by atoms with Crippen LogP contribution in [0.3, 0.4) is 0 Å². The summed E-state index contributed by atoms with van der Waals surface area (Å²) in [7, 11) is 3.21. The highest BCUT2D eigenvalue weighted by molar-refractivity contribution is 5.91. The van der Waals surface area contributed by atoms with Gasteiger partial charge in [-0.2, -0.15) is 0 Å². The van der Waals surface area contributed by atoms with Crippen LogP contribution in [-0.2, 0) is 17.8 Å². The maximum atomic E-state index is 12.1. The number of methoxy groups -OCH3 is 2. The molecule has 160 valence electrons. The van der Waals surface area contributed by atoms with Crippen LogP contribution in [0.2, 0.25) is 0 Å². The minimum atomic E-state index is -0.134. The molecule has 1 amide bonds. The van der Waals surface area contributed by atoms with Gasteiger partial charge in [0.15, 0.2) is 11.5 Å². The first kappa shape index (κ1) is 22.0. The molecule has 0 bridgehead atoms. The third kappa shape index (κ3) is 6.93. The summed E-state index contributed by atoms with van der Waals surface area (Å²) in [6.45, 7) is 1.06. The molecule has 0 radical (unpaired) electrons. The molecule has 0 saturated heterocycles. The second-order valence-corrected chi connectivity index (χ2v) is 6.91. The van der Waals surface area contributed by atoms with Crippen molar-refractivity contribution in [3.05, 3.63) is 95.6 Å². The van der Waals surface area contributed by atoms with Crippen LogP contribution in [0.1, 0.15) is 16.7 Å². The molecule has 3 aromatic rings. The van der Waals surface area contributed by atoms with Crippen LogP contribution in [0.5, 0.6) is 17.2 Å². The largest absolute Gasteiger partial charge is 0.493 e. The van der Waals surface area contributed by atoms with E-state index in [-0.39, 0.29) is 5.91 Å². The highest BCUT2D eigenvalue weighted by atomic mass is 16.5. The molecule has 31 heavy (non-hydrogen) atoms. The van der Waals surface area contributed by atoms with Crippen molar-refractivity contribution >= 4 is 12.0 Å². The Kier molecular flexibility index (Phi) is 8.12. The quantitative estimate of drug-likeness (QED) is 0.488. The van der Waals surface area contributed by atoms with E-state index in [9.17, 15) is 4.79 Å². The Labute approximate surface area is 183 Å². The Balaban J connectivity index is 1.43. The van der Waals surface area contributed by atoms with Crippen molar-refractivity contribution in [2.75, 3.05) is 20.8 Å². The van der Waals surface area contributed by atoms with Gasteiger partial charge >= 0.3 is 0 Å². The molecule has 1 N–H and O–H groups in total. The summed E-state index contributed by atoms with van der Waals surface area (Å²) in [4.78, 5) is 12.1. The third-order valence-corrected chi connectivity index (χ3v) is 4.72. The second kappa shape index (κ2) is 11.5. The van der Waals surface area contributed by atoms with E-state index in [0.717, 1.165) is 22.4 Å². The van der Waals surface area contributed by atoms with E-state index in [2.05, 4.69) is 5.32 Å². The Morgan fingerprint density at radius 2 is 1.61 bits per heavy atom. The van der Waals surface area contributed by atoms with Gasteiger partial charge in [-0.15, -0.1) is 0 Å². The van der Waals surface area contributed by atoms with E-state index in [4.69, 9.17) is 14.2 Å². The minimum Gasteiger partial charge on any atom is -0.493 e. The van der Waals surface area contributed by atoms with E-state index in [0.29, 0.717) is 31.1 Å². The summed E-state index contributed by atoms with van der Waals surface area (Å²) in [5, 5.41) is 2.89. The number of carbonyl (C=O) groups excluding carboxylic acids is 1. The molecule has 5 nitrogen and oxygen atoms in total. The monoisotopic (exact) mass is 417 g/mol. The van der Waals surface area contributed by atoms with E-state index < -0.39 is 0 Å². The highest BCUT2D eigenvalue weighted by Gasteiger charge is 2.05. The Morgan fingerprint density at radius 1 is 0.871 bits per heavy atom. The van der Waals surface area contributed by atoms with Crippen LogP contribution >= 0.6 is 0 Å². The van der Waals surface area contributed by atoms with Crippen LogP contribution in [0, 0.1) is 0 Å². The third-order valence-electron chi connectivity index (χ3n) is 4.72. The molecule has 0 aliphatic carbocycles. The average Bonchev–Trinajstić information content (AvgIpc) is 2.82. The first-order valence-corrected chi connectivity index (χ1v) is 10.1. The topological polar surface area (TPSA) is 56.8 Å². The number of carbonyl (C=O) groups is 1. The molecule has 0 aromatic heterocycles. The van der Waals surface area contributed by atoms with Crippen LogP contribution in [0.25, 0.3) is 6.08 Å². The molecule has 0 saturated carbocycles. The molecule has 3 aromatic carbocycles. The maximum absolute atomic E-state index is 12.1. The Morgan fingerprint density at radius 3 is 2.32 bits per heavy atom. The fourth-order valence-electron chi connectivity index (χ4n) is 3.01. The number of nitrogens with one attached hydrogen (secondary N) is 1. The zero-order chi connectivity index (χ0) is 21.9. The molecule has 3 rings (SSSR count). The predicted octanol–water partition coefficient (Wildman–Crippen LogP) is 4.65. The summed E-state index contributed by atoms with van der Waals surface area (Å²) in [5.41, 5.74) is 3.12. The lowest BCUT2D eigenvalue weighted by atomic mass is 10.1. The van der Waals surface area contributed by atoms with Crippen molar-refractivity contribution in [2.45, 2.75) is 13.0 Å². The lowest BCUT2D eigenvalue weighted by molar-refractivity contribution is -0.116. The van der Waals surface area contributed by atoms with Gasteiger partial charge < -0.3 is 19.5 Å². The van der Waals surface area contributed by atoms with Gasteiger partial charge in [-0.25, -0.2) is 0 Å². The van der Waals surface area contributed by atoms with Crippen molar-refractivity contribution < 1.29 is 19.0 Å². The van der Waals surface area contributed by atoms with Crippen LogP contribution in [0.4, 0.5) is 0 Å². The number of amides is 1. The zero-order valence-corrected chi connectivity index (χ0v) is 17.8. The smallest absolute Gasteiger partial charge is 0.244 e. The predicted molar refractivity (Wildman–Crippen MR) is 123 cm³/mol. The van der Waals surface area contributed by atoms with Crippen molar-refractivity contribution in [2.24, 2.45) is 0 Å². The summed E-state index contributed by atoms with van der Waals surface area (Å²) >= 11 is 0. The van der Waals surface area contributed by atoms with E-state index in [1.807, 2.05) is 72.8 Å². The number of rotatable bonds is 10. The second-order valence-electron chi connectivity index (χ2n) is 6.91. The Hall–Kier alpha value is -3.73. The van der Waals surface area contributed by atoms with Gasteiger partial charge in [0.2, 0.25) is 5.91 Å². The molecule has 0 fully saturated rings. The van der Waals surface area contributed by atoms with Gasteiger partial charge in [0.05, 0.1) is 14.2 Å². The molecule has 0 spiro atoms. The lowest BCUT2D eigenvalue weighted by Gasteiger charge is -2.09. The minimum absolute atomic E-state index is 0.134. The fourth-order valence-corrected chi connectivity index (χ4v) is 3.01. The summed E-state index contributed by atoms with van der Waals surface area (Å²) in [6.07, 6.45) is 4.02. The zero-order valence-electron chi connectivity index (χ0n) is 17.8. The van der Waals surface area contributed by atoms with Crippen LogP contribution < -0.4 is 19.5 Å². The highest BCUT2D eigenvalue weighted by Crippen LogP contribution is 2.27. The number of hydrogen-bond acceptors (Lipinski definition) is 4. The first-order chi connectivity index (χ1) is 15.2. The Bertz CT molecular complexity index is 998. The first-order valence-electron chi connectivity index (χ1n) is 10.1. The van der Waals surface area contributed by atoms with E-state index in [1.165, 1.54) is 6.08 Å². The number of benzene rings is 3. The van der Waals surface area contributed by atoms with Gasteiger partial charge in [0.25, 0.3) is 0 Å². The fraction of sp³-hybridized carbons (Fsp3) is 0.192. The van der Waals surface area contributed by atoms with Gasteiger partial charge in [0, 0.05) is 12.6 Å². The normalized spacial score (nSPS) is 10.6. The lowest BCUT2D eigenvalue weighted by Crippen LogP contribution is -2.23. The van der Waals surface area contributed by atoms with Crippen molar-refractivity contribution in [1.29, 1.82) is 0 Å². The molecule has 5 heteroatoms. The van der Waals surface area contributed by atoms with Gasteiger partial charge in [-0.05, 0) is 53.5 Å². The standard InChI is InChI=1S/C26H27NO4/c1-29-24-14-10-21(18-25(24)30-2)16-17-27-26(28)15-11-20-8-12-23(13-9-20)31-19-22-6-4-3-5-7-22/h3-15,18H,16-17,19H2,1-2H3,(H,27,28). The molecule has 0 unspecified atom stereocenters. The van der Waals surface area contributed by atoms with Gasteiger partial charge in [-0.3, -0.25) is 4.79 Å². The van der Waals surface area contributed by atoms with E-state index in [1.54, 1.807) is 20.3 Å². The summed E-state index contributed by atoms with van der Waals surface area (Å²) < 4.78 is 16.3. The van der Waals surface area contributed by atoms with Crippen molar-refractivity contribution in [1.82, 2.24) is 5.32 Å². The number of ether oxygens (including phenoxy) is 3. The molecule has 0 aliphatic heterocycles. The van der Waals surface area contributed by atoms with Crippen LogP contribution in [0.15, 0.2) is 78.9 Å². The maximum Gasteiger partial charge on any atom is 0.244 e.